The Kier molecular flexibility index (Phi) is 5.68. The van der Waals surface area contributed by atoms with Gasteiger partial charge in [-0.15, -0.1) is 10.2 Å². The molecule has 7 nitrogen and oxygen atoms in total. The molecule has 0 fully saturated rings. The maximum absolute atomic E-state index is 13.1. The second kappa shape index (κ2) is 8.93. The SMILES string of the molecule is O=c1c2ccccc2c(/C=N/c2nnc(Cc3ccccc3)s2)c(O)n1-c1ccc(Cl)cn1. The molecule has 0 aliphatic rings. The molecular weight excluding hydrogens is 458 g/mol. The number of halogens is 1. The molecule has 0 amide bonds. The zero-order chi connectivity index (χ0) is 22.8. The number of benzene rings is 2. The molecule has 0 atom stereocenters. The largest absolute Gasteiger partial charge is 0.494 e. The van der Waals surface area contributed by atoms with Crippen LogP contribution >= 0.6 is 22.9 Å². The summed E-state index contributed by atoms with van der Waals surface area (Å²) >= 11 is 7.30. The predicted molar refractivity (Wildman–Crippen MR) is 130 cm³/mol. The zero-order valence-electron chi connectivity index (χ0n) is 17.1. The normalized spacial score (nSPS) is 11.4. The summed E-state index contributed by atoms with van der Waals surface area (Å²) < 4.78 is 1.14. The first-order valence-corrected chi connectivity index (χ1v) is 11.2. The average Bonchev–Trinajstić information content (AvgIpc) is 3.28. The second-order valence-electron chi connectivity index (χ2n) is 7.16. The van der Waals surface area contributed by atoms with Gasteiger partial charge in [0.25, 0.3) is 5.56 Å². The van der Waals surface area contributed by atoms with Crippen molar-refractivity contribution < 1.29 is 5.11 Å². The van der Waals surface area contributed by atoms with Gasteiger partial charge in [-0.05, 0) is 23.8 Å². The lowest BCUT2D eigenvalue weighted by Crippen LogP contribution is -2.21. The number of hydrogen-bond donors (Lipinski definition) is 1. The molecule has 0 saturated carbocycles. The highest BCUT2D eigenvalue weighted by atomic mass is 35.5. The molecule has 3 heterocycles. The summed E-state index contributed by atoms with van der Waals surface area (Å²) in [5.41, 5.74) is 1.12. The van der Waals surface area contributed by atoms with Crippen molar-refractivity contribution in [3.8, 4) is 11.7 Å². The van der Waals surface area contributed by atoms with E-state index >= 15 is 0 Å². The number of pyridine rings is 2. The van der Waals surface area contributed by atoms with Crippen LogP contribution in [0.4, 0.5) is 5.13 Å². The molecule has 3 aromatic heterocycles. The second-order valence-corrected chi connectivity index (χ2v) is 8.63. The Bertz CT molecular complexity index is 1530. The van der Waals surface area contributed by atoms with Crippen LogP contribution in [-0.2, 0) is 6.42 Å². The van der Waals surface area contributed by atoms with Crippen molar-refractivity contribution in [1.82, 2.24) is 19.7 Å². The van der Waals surface area contributed by atoms with Crippen molar-refractivity contribution in [2.24, 2.45) is 4.99 Å². The van der Waals surface area contributed by atoms with Gasteiger partial charge >= 0.3 is 0 Å². The monoisotopic (exact) mass is 473 g/mol. The van der Waals surface area contributed by atoms with Crippen molar-refractivity contribution in [2.45, 2.75) is 6.42 Å². The minimum absolute atomic E-state index is 0.253. The number of fused-ring (bicyclic) bond motifs is 1. The van der Waals surface area contributed by atoms with Gasteiger partial charge in [0.1, 0.15) is 10.8 Å². The molecule has 2 aromatic carbocycles. The lowest BCUT2D eigenvalue weighted by molar-refractivity contribution is 0.435. The van der Waals surface area contributed by atoms with E-state index in [0.717, 1.165) is 15.1 Å². The number of hydrogen-bond acceptors (Lipinski definition) is 7. The van der Waals surface area contributed by atoms with Crippen LogP contribution in [0.3, 0.4) is 0 Å². The van der Waals surface area contributed by atoms with E-state index in [1.54, 1.807) is 36.4 Å². The molecule has 0 aliphatic heterocycles. The Morgan fingerprint density at radius 2 is 1.76 bits per heavy atom. The summed E-state index contributed by atoms with van der Waals surface area (Å²) in [5.74, 6) is -0.0188. The van der Waals surface area contributed by atoms with Crippen LogP contribution in [0.15, 0.2) is 82.7 Å². The van der Waals surface area contributed by atoms with E-state index in [0.29, 0.717) is 32.9 Å². The van der Waals surface area contributed by atoms with Crippen LogP contribution in [0.2, 0.25) is 5.02 Å². The van der Waals surface area contributed by atoms with Crippen LogP contribution in [0.1, 0.15) is 16.1 Å². The molecular formula is C24H16ClN5O2S. The molecule has 162 valence electrons. The van der Waals surface area contributed by atoms with E-state index in [9.17, 15) is 9.90 Å². The molecule has 0 aliphatic carbocycles. The summed E-state index contributed by atoms with van der Waals surface area (Å²) in [6, 6.07) is 20.2. The molecule has 9 heteroatoms. The Morgan fingerprint density at radius 1 is 1.00 bits per heavy atom. The van der Waals surface area contributed by atoms with E-state index < -0.39 is 5.56 Å². The summed E-state index contributed by atoms with van der Waals surface area (Å²) in [6.45, 7) is 0. The minimum Gasteiger partial charge on any atom is -0.494 e. The zero-order valence-corrected chi connectivity index (χ0v) is 18.7. The van der Waals surface area contributed by atoms with Crippen LogP contribution < -0.4 is 5.56 Å². The van der Waals surface area contributed by atoms with E-state index in [-0.39, 0.29) is 11.7 Å². The Morgan fingerprint density at radius 3 is 2.52 bits per heavy atom. The summed E-state index contributed by atoms with van der Waals surface area (Å²) in [6.07, 6.45) is 3.58. The van der Waals surface area contributed by atoms with Crippen LogP contribution in [-0.4, -0.2) is 31.1 Å². The van der Waals surface area contributed by atoms with Crippen molar-refractivity contribution in [2.75, 3.05) is 0 Å². The van der Waals surface area contributed by atoms with Gasteiger partial charge < -0.3 is 5.11 Å². The van der Waals surface area contributed by atoms with E-state index in [1.165, 1.54) is 23.7 Å². The quantitative estimate of drug-likeness (QED) is 0.365. The van der Waals surface area contributed by atoms with E-state index in [2.05, 4.69) is 20.2 Å². The standard InChI is InChI=1S/C24H16ClN5O2S/c25-16-10-11-20(26-13-16)30-22(31)18-9-5-4-8-17(18)19(23(30)32)14-27-24-29-28-21(33-24)12-15-6-2-1-3-7-15/h1-11,13-14,32H,12H2/b27-14+. The molecule has 1 N–H and O–H groups in total. The highest BCUT2D eigenvalue weighted by Gasteiger charge is 2.17. The van der Waals surface area contributed by atoms with Gasteiger partial charge in [-0.25, -0.2) is 14.5 Å². The molecule has 5 aromatic rings. The number of nitrogens with zero attached hydrogens (tertiary/aromatic N) is 5. The molecule has 5 rings (SSSR count). The molecule has 33 heavy (non-hydrogen) atoms. The fraction of sp³-hybridized carbons (Fsp3) is 0.0417. The first-order chi connectivity index (χ1) is 16.1. The van der Waals surface area contributed by atoms with Gasteiger partial charge in [0, 0.05) is 29.6 Å². The first kappa shape index (κ1) is 21.0. The Hall–Kier alpha value is -3.88. The number of aromatic hydroxyl groups is 1. The van der Waals surface area contributed by atoms with Crippen molar-refractivity contribution >= 4 is 45.1 Å². The topological polar surface area (TPSA) is 93.3 Å². The highest BCUT2D eigenvalue weighted by Crippen LogP contribution is 2.27. The number of rotatable bonds is 5. The fourth-order valence-electron chi connectivity index (χ4n) is 3.46. The molecule has 0 spiro atoms. The van der Waals surface area contributed by atoms with Gasteiger partial charge in [-0.2, -0.15) is 0 Å². The van der Waals surface area contributed by atoms with Crippen LogP contribution in [0.5, 0.6) is 5.88 Å². The first-order valence-electron chi connectivity index (χ1n) is 9.99. The molecule has 0 bridgehead atoms. The van der Waals surface area contributed by atoms with Gasteiger partial charge in [0.15, 0.2) is 0 Å². The fourth-order valence-corrected chi connectivity index (χ4v) is 4.29. The summed E-state index contributed by atoms with van der Waals surface area (Å²) in [5, 5.41) is 22.1. The van der Waals surface area contributed by atoms with Crippen LogP contribution in [0.25, 0.3) is 16.6 Å². The summed E-state index contributed by atoms with van der Waals surface area (Å²) in [4.78, 5) is 21.7. The third kappa shape index (κ3) is 4.26. The van der Waals surface area contributed by atoms with E-state index in [1.807, 2.05) is 30.3 Å². The van der Waals surface area contributed by atoms with Crippen LogP contribution in [0, 0.1) is 0 Å². The van der Waals surface area contributed by atoms with Gasteiger partial charge in [-0.1, -0.05) is 71.5 Å². The smallest absolute Gasteiger partial charge is 0.267 e. The minimum atomic E-state index is -0.392. The lowest BCUT2D eigenvalue weighted by atomic mass is 10.1. The molecule has 0 unspecified atom stereocenters. The van der Waals surface area contributed by atoms with Crippen molar-refractivity contribution in [1.29, 1.82) is 0 Å². The van der Waals surface area contributed by atoms with Crippen molar-refractivity contribution in [3.63, 3.8) is 0 Å². The van der Waals surface area contributed by atoms with Gasteiger partial charge in [0.05, 0.1) is 10.6 Å². The maximum Gasteiger partial charge on any atom is 0.267 e. The molecule has 0 radical (unpaired) electrons. The Labute approximate surface area is 197 Å². The summed E-state index contributed by atoms with van der Waals surface area (Å²) in [7, 11) is 0. The third-order valence-electron chi connectivity index (χ3n) is 5.00. The Balaban J connectivity index is 1.56. The molecule has 0 saturated heterocycles. The maximum atomic E-state index is 13.1. The van der Waals surface area contributed by atoms with Gasteiger partial charge in [0.2, 0.25) is 11.0 Å². The lowest BCUT2D eigenvalue weighted by Gasteiger charge is -2.12. The van der Waals surface area contributed by atoms with E-state index in [4.69, 9.17) is 11.6 Å². The predicted octanol–water partition coefficient (Wildman–Crippen LogP) is 4.94. The number of aromatic nitrogens is 4. The van der Waals surface area contributed by atoms with Gasteiger partial charge in [-0.3, -0.25) is 4.79 Å². The average molecular weight is 474 g/mol. The van der Waals surface area contributed by atoms with Crippen molar-refractivity contribution in [3.05, 3.63) is 104 Å². The highest BCUT2D eigenvalue weighted by molar-refractivity contribution is 7.15. The third-order valence-corrected chi connectivity index (χ3v) is 6.06. The number of aliphatic imine (C=N–C) groups is 1.